The highest BCUT2D eigenvalue weighted by atomic mass is 19.1. The van der Waals surface area contributed by atoms with E-state index in [-0.39, 0.29) is 24.2 Å². The first-order valence-corrected chi connectivity index (χ1v) is 6.79. The molecule has 0 aliphatic carbocycles. The van der Waals surface area contributed by atoms with Crippen LogP contribution in [0.1, 0.15) is 31.5 Å². The SMILES string of the molecule is CCC(N)c1cn(CCC(=O)Nc2cccc(F)c2)nn1. The van der Waals surface area contributed by atoms with E-state index in [9.17, 15) is 9.18 Å². The normalized spacial score (nSPS) is 12.1. The van der Waals surface area contributed by atoms with Gasteiger partial charge in [0.25, 0.3) is 0 Å². The van der Waals surface area contributed by atoms with E-state index in [0.717, 1.165) is 6.42 Å². The van der Waals surface area contributed by atoms with Crippen LogP contribution in [0.5, 0.6) is 0 Å². The van der Waals surface area contributed by atoms with Crippen molar-refractivity contribution in [2.75, 3.05) is 5.32 Å². The van der Waals surface area contributed by atoms with Crippen LogP contribution < -0.4 is 11.1 Å². The number of benzene rings is 1. The lowest BCUT2D eigenvalue weighted by molar-refractivity contribution is -0.116. The summed E-state index contributed by atoms with van der Waals surface area (Å²) in [5.74, 6) is -0.597. The Labute approximate surface area is 122 Å². The molecule has 0 radical (unpaired) electrons. The number of carbonyl (C=O) groups is 1. The lowest BCUT2D eigenvalue weighted by Gasteiger charge is -2.05. The second-order valence-corrected chi connectivity index (χ2v) is 4.73. The molecule has 0 aliphatic heterocycles. The molecule has 0 saturated heterocycles. The molecule has 1 aromatic heterocycles. The van der Waals surface area contributed by atoms with Gasteiger partial charge in [0.1, 0.15) is 5.82 Å². The minimum atomic E-state index is -0.387. The second kappa shape index (κ2) is 6.94. The highest BCUT2D eigenvalue weighted by Crippen LogP contribution is 2.11. The summed E-state index contributed by atoms with van der Waals surface area (Å²) in [7, 11) is 0. The molecule has 0 spiro atoms. The zero-order valence-electron chi connectivity index (χ0n) is 11.8. The number of rotatable bonds is 6. The van der Waals surface area contributed by atoms with Gasteiger partial charge in [-0.3, -0.25) is 9.48 Å². The molecule has 1 amide bonds. The molecule has 0 bridgehead atoms. The summed E-state index contributed by atoms with van der Waals surface area (Å²) in [6.45, 7) is 2.36. The van der Waals surface area contributed by atoms with Crippen molar-refractivity contribution in [3.8, 4) is 0 Å². The Hall–Kier alpha value is -2.28. The van der Waals surface area contributed by atoms with Crippen LogP contribution in [0.2, 0.25) is 0 Å². The number of anilines is 1. The Kier molecular flexibility index (Phi) is 4.99. The van der Waals surface area contributed by atoms with Gasteiger partial charge < -0.3 is 11.1 Å². The lowest BCUT2D eigenvalue weighted by atomic mass is 10.2. The number of halogens is 1. The average molecular weight is 291 g/mol. The van der Waals surface area contributed by atoms with Crippen molar-refractivity contribution in [3.63, 3.8) is 0 Å². The molecule has 2 rings (SSSR count). The topological polar surface area (TPSA) is 85.8 Å². The quantitative estimate of drug-likeness (QED) is 0.850. The summed E-state index contributed by atoms with van der Waals surface area (Å²) in [4.78, 5) is 11.8. The first-order valence-electron chi connectivity index (χ1n) is 6.79. The molecule has 1 heterocycles. The summed E-state index contributed by atoms with van der Waals surface area (Å²) in [6, 6.07) is 5.63. The van der Waals surface area contributed by atoms with Crippen LogP contribution in [-0.2, 0) is 11.3 Å². The standard InChI is InChI=1S/C14H18FN5O/c1-2-12(16)13-9-20(19-18-13)7-6-14(21)17-11-5-3-4-10(15)8-11/h3-5,8-9,12H,2,6-7,16H2,1H3,(H,17,21). The zero-order valence-corrected chi connectivity index (χ0v) is 11.8. The average Bonchev–Trinajstić information content (AvgIpc) is 2.93. The number of nitrogens with zero attached hydrogens (tertiary/aromatic N) is 3. The number of carbonyl (C=O) groups excluding carboxylic acids is 1. The monoisotopic (exact) mass is 291 g/mol. The van der Waals surface area contributed by atoms with Gasteiger partial charge in [-0.2, -0.15) is 0 Å². The molecule has 7 heteroatoms. The molecule has 0 aliphatic rings. The van der Waals surface area contributed by atoms with Gasteiger partial charge in [-0.1, -0.05) is 18.2 Å². The van der Waals surface area contributed by atoms with E-state index in [4.69, 9.17) is 5.73 Å². The van der Waals surface area contributed by atoms with Gasteiger partial charge in [0.15, 0.2) is 0 Å². The number of aryl methyl sites for hydroxylation is 1. The molecule has 2 aromatic rings. The van der Waals surface area contributed by atoms with E-state index in [0.29, 0.717) is 17.9 Å². The van der Waals surface area contributed by atoms with Crippen molar-refractivity contribution in [1.82, 2.24) is 15.0 Å². The van der Waals surface area contributed by atoms with Crippen molar-refractivity contribution >= 4 is 11.6 Å². The maximum absolute atomic E-state index is 13.0. The van der Waals surface area contributed by atoms with E-state index in [1.807, 2.05) is 6.92 Å². The Balaban J connectivity index is 1.85. The third kappa shape index (κ3) is 4.35. The Bertz CT molecular complexity index is 613. The van der Waals surface area contributed by atoms with Gasteiger partial charge in [-0.25, -0.2) is 4.39 Å². The molecule has 1 aromatic carbocycles. The smallest absolute Gasteiger partial charge is 0.226 e. The van der Waals surface area contributed by atoms with E-state index >= 15 is 0 Å². The Morgan fingerprint density at radius 1 is 1.52 bits per heavy atom. The van der Waals surface area contributed by atoms with Crippen molar-refractivity contribution in [1.29, 1.82) is 0 Å². The van der Waals surface area contributed by atoms with Gasteiger partial charge in [-0.05, 0) is 24.6 Å². The summed E-state index contributed by atoms with van der Waals surface area (Å²) >= 11 is 0. The molecule has 6 nitrogen and oxygen atoms in total. The largest absolute Gasteiger partial charge is 0.326 e. The van der Waals surface area contributed by atoms with Crippen LogP contribution in [0.25, 0.3) is 0 Å². The molecular weight excluding hydrogens is 273 g/mol. The van der Waals surface area contributed by atoms with Crippen LogP contribution in [-0.4, -0.2) is 20.9 Å². The Morgan fingerprint density at radius 2 is 2.33 bits per heavy atom. The van der Waals surface area contributed by atoms with Crippen LogP contribution in [0, 0.1) is 5.82 Å². The summed E-state index contributed by atoms with van der Waals surface area (Å²) < 4.78 is 14.6. The van der Waals surface area contributed by atoms with E-state index in [1.165, 1.54) is 12.1 Å². The fourth-order valence-corrected chi connectivity index (χ4v) is 1.81. The van der Waals surface area contributed by atoms with Crippen molar-refractivity contribution in [3.05, 3.63) is 42.0 Å². The highest BCUT2D eigenvalue weighted by molar-refractivity contribution is 5.90. The second-order valence-electron chi connectivity index (χ2n) is 4.73. The van der Waals surface area contributed by atoms with Gasteiger partial charge in [0, 0.05) is 12.1 Å². The molecule has 1 atom stereocenters. The Morgan fingerprint density at radius 3 is 3.05 bits per heavy atom. The summed E-state index contributed by atoms with van der Waals surface area (Å²) in [6.07, 6.45) is 2.74. The fraction of sp³-hybridized carbons (Fsp3) is 0.357. The predicted molar refractivity (Wildman–Crippen MR) is 76.9 cm³/mol. The van der Waals surface area contributed by atoms with Crippen molar-refractivity contribution < 1.29 is 9.18 Å². The van der Waals surface area contributed by atoms with Crippen LogP contribution >= 0.6 is 0 Å². The number of hydrogen-bond acceptors (Lipinski definition) is 4. The van der Waals surface area contributed by atoms with E-state index in [1.54, 1.807) is 23.0 Å². The van der Waals surface area contributed by atoms with Crippen LogP contribution in [0.15, 0.2) is 30.5 Å². The molecule has 112 valence electrons. The first kappa shape index (κ1) is 15.1. The van der Waals surface area contributed by atoms with Crippen molar-refractivity contribution in [2.24, 2.45) is 5.73 Å². The van der Waals surface area contributed by atoms with Gasteiger partial charge in [0.05, 0.1) is 24.5 Å². The fourth-order valence-electron chi connectivity index (χ4n) is 1.81. The minimum absolute atomic E-state index is 0.139. The zero-order chi connectivity index (χ0) is 15.2. The number of aromatic nitrogens is 3. The molecule has 0 saturated carbocycles. The molecule has 3 N–H and O–H groups in total. The summed E-state index contributed by atoms with van der Waals surface area (Å²) in [5, 5.41) is 10.5. The van der Waals surface area contributed by atoms with Crippen molar-refractivity contribution in [2.45, 2.75) is 32.4 Å². The number of nitrogens with two attached hydrogens (primary N) is 1. The third-order valence-corrected chi connectivity index (χ3v) is 3.05. The number of hydrogen-bond donors (Lipinski definition) is 2. The van der Waals surface area contributed by atoms with Gasteiger partial charge in [-0.15, -0.1) is 5.10 Å². The van der Waals surface area contributed by atoms with Gasteiger partial charge >= 0.3 is 0 Å². The first-order chi connectivity index (χ1) is 10.1. The van der Waals surface area contributed by atoms with E-state index in [2.05, 4.69) is 15.6 Å². The third-order valence-electron chi connectivity index (χ3n) is 3.05. The van der Waals surface area contributed by atoms with Gasteiger partial charge in [0.2, 0.25) is 5.91 Å². The number of nitrogens with one attached hydrogen (secondary N) is 1. The van der Waals surface area contributed by atoms with E-state index < -0.39 is 0 Å². The molecule has 21 heavy (non-hydrogen) atoms. The highest BCUT2D eigenvalue weighted by Gasteiger charge is 2.09. The molecule has 1 unspecified atom stereocenters. The molecule has 0 fully saturated rings. The summed E-state index contributed by atoms with van der Waals surface area (Å²) in [5.41, 5.74) is 7.00. The maximum Gasteiger partial charge on any atom is 0.226 e. The van der Waals surface area contributed by atoms with Crippen LogP contribution in [0.4, 0.5) is 10.1 Å². The number of amides is 1. The predicted octanol–water partition coefficient (Wildman–Crippen LogP) is 1.86. The maximum atomic E-state index is 13.0. The van der Waals surface area contributed by atoms with Crippen LogP contribution in [0.3, 0.4) is 0 Å². The minimum Gasteiger partial charge on any atom is -0.326 e. The lowest BCUT2D eigenvalue weighted by Crippen LogP contribution is -2.15. The molecular formula is C14H18FN5O.